The van der Waals surface area contributed by atoms with Crippen LogP contribution in [0.25, 0.3) is 4.85 Å². The van der Waals surface area contributed by atoms with Gasteiger partial charge in [-0.1, -0.05) is 20.8 Å². The minimum atomic E-state index is 0.300. The molecule has 1 aliphatic rings. The number of hydrogen-bond acceptors (Lipinski definition) is 0. The molecule has 0 aromatic carbocycles. The quantitative estimate of drug-likeness (QED) is 0.468. The number of hydrogen-bond donors (Lipinski definition) is 0. The Morgan fingerprint density at radius 1 is 1.36 bits per heavy atom. The fraction of sp³-hybridized carbons (Fsp3) is 0.900. The van der Waals surface area contributed by atoms with Gasteiger partial charge >= 0.3 is 0 Å². The highest BCUT2D eigenvalue weighted by atomic mass is 14.7. The summed E-state index contributed by atoms with van der Waals surface area (Å²) in [6.45, 7) is 13.8. The van der Waals surface area contributed by atoms with Gasteiger partial charge in [-0.05, 0) is 17.8 Å². The predicted octanol–water partition coefficient (Wildman–Crippen LogP) is 3.12. The van der Waals surface area contributed by atoms with Crippen molar-refractivity contribution in [1.82, 2.24) is 0 Å². The number of rotatable bonds is 0. The minimum absolute atomic E-state index is 0.300. The Morgan fingerprint density at radius 2 is 2.00 bits per heavy atom. The fourth-order valence-electron chi connectivity index (χ4n) is 2.39. The zero-order valence-corrected chi connectivity index (χ0v) is 7.72. The highest BCUT2D eigenvalue weighted by Gasteiger charge is 2.34. The molecule has 1 rings (SSSR count). The van der Waals surface area contributed by atoms with E-state index < -0.39 is 0 Å². The Balaban J connectivity index is 2.60. The van der Waals surface area contributed by atoms with E-state index in [9.17, 15) is 0 Å². The van der Waals surface area contributed by atoms with Crippen molar-refractivity contribution < 1.29 is 0 Å². The van der Waals surface area contributed by atoms with Gasteiger partial charge in [0.2, 0.25) is 6.04 Å². The van der Waals surface area contributed by atoms with E-state index in [2.05, 4.69) is 25.6 Å². The molecule has 0 spiro atoms. The zero-order valence-electron chi connectivity index (χ0n) is 7.72. The van der Waals surface area contributed by atoms with Crippen LogP contribution in [0.5, 0.6) is 0 Å². The lowest BCUT2D eigenvalue weighted by molar-refractivity contribution is 0.184. The maximum Gasteiger partial charge on any atom is 0.224 e. The van der Waals surface area contributed by atoms with Gasteiger partial charge in [0.05, 0.1) is 0 Å². The van der Waals surface area contributed by atoms with Crippen LogP contribution in [0.2, 0.25) is 0 Å². The molecule has 0 N–H and O–H groups in total. The van der Waals surface area contributed by atoms with Crippen LogP contribution in [0, 0.1) is 17.9 Å². The van der Waals surface area contributed by atoms with Crippen LogP contribution < -0.4 is 0 Å². The lowest BCUT2D eigenvalue weighted by Crippen LogP contribution is -2.28. The van der Waals surface area contributed by atoms with Crippen LogP contribution in [0.1, 0.15) is 40.0 Å². The summed E-state index contributed by atoms with van der Waals surface area (Å²) < 4.78 is 0. The fourth-order valence-corrected chi connectivity index (χ4v) is 2.39. The topological polar surface area (TPSA) is 4.36 Å². The minimum Gasteiger partial charge on any atom is -0.314 e. The summed E-state index contributed by atoms with van der Waals surface area (Å²) in [5, 5.41) is 0. The number of nitrogens with zero attached hydrogens (tertiary/aromatic N) is 1. The molecule has 0 heterocycles. The third-order valence-electron chi connectivity index (χ3n) is 2.55. The molecule has 1 saturated carbocycles. The summed E-state index contributed by atoms with van der Waals surface area (Å²) >= 11 is 0. The Hall–Kier alpha value is -0.510. The van der Waals surface area contributed by atoms with E-state index in [1.54, 1.807) is 0 Å². The molecule has 1 heteroatoms. The van der Waals surface area contributed by atoms with E-state index in [0.29, 0.717) is 11.5 Å². The summed E-state index contributed by atoms with van der Waals surface area (Å²) in [5.41, 5.74) is 0.410. The van der Waals surface area contributed by atoms with Crippen molar-refractivity contribution in [3.8, 4) is 0 Å². The van der Waals surface area contributed by atoms with E-state index in [0.717, 1.165) is 18.8 Å². The second-order valence-electron chi connectivity index (χ2n) is 4.70. The van der Waals surface area contributed by atoms with Crippen LogP contribution >= 0.6 is 0 Å². The van der Waals surface area contributed by atoms with Gasteiger partial charge in [-0.15, -0.1) is 0 Å². The van der Waals surface area contributed by atoms with Crippen LogP contribution in [0.4, 0.5) is 0 Å². The van der Waals surface area contributed by atoms with E-state index >= 15 is 0 Å². The van der Waals surface area contributed by atoms with Crippen LogP contribution in [0.3, 0.4) is 0 Å². The van der Waals surface area contributed by atoms with Gasteiger partial charge in [-0.2, -0.15) is 0 Å². The van der Waals surface area contributed by atoms with Crippen LogP contribution in [-0.2, 0) is 0 Å². The first-order valence-electron chi connectivity index (χ1n) is 4.40. The van der Waals surface area contributed by atoms with E-state index in [-0.39, 0.29) is 0 Å². The van der Waals surface area contributed by atoms with Crippen molar-refractivity contribution >= 4 is 0 Å². The van der Waals surface area contributed by atoms with Crippen molar-refractivity contribution in [3.63, 3.8) is 0 Å². The first-order valence-corrected chi connectivity index (χ1v) is 4.40. The normalized spacial score (nSPS) is 36.2. The molecule has 1 nitrogen and oxygen atoms in total. The van der Waals surface area contributed by atoms with Gasteiger partial charge in [0.25, 0.3) is 0 Å². The van der Waals surface area contributed by atoms with Crippen molar-refractivity contribution in [2.45, 2.75) is 46.1 Å². The Kier molecular flexibility index (Phi) is 2.23. The average molecular weight is 151 g/mol. The molecule has 0 aromatic rings. The largest absolute Gasteiger partial charge is 0.314 e. The molecule has 11 heavy (non-hydrogen) atoms. The second kappa shape index (κ2) is 2.85. The molecule has 0 aromatic heterocycles. The summed E-state index contributed by atoms with van der Waals surface area (Å²) in [6, 6.07) is 0.300. The van der Waals surface area contributed by atoms with E-state index in [1.807, 2.05) is 0 Å². The molecular formula is C10H17N. The SMILES string of the molecule is [C-]#[N+]C1CC(C)CC(C)(C)C1. The molecule has 2 unspecified atom stereocenters. The summed E-state index contributed by atoms with van der Waals surface area (Å²) in [5.74, 6) is 0.748. The first-order chi connectivity index (χ1) is 5.03. The smallest absolute Gasteiger partial charge is 0.224 e. The van der Waals surface area contributed by atoms with Gasteiger partial charge in [-0.3, -0.25) is 0 Å². The molecule has 2 atom stereocenters. The zero-order chi connectivity index (χ0) is 8.48. The Labute approximate surface area is 69.6 Å². The maximum atomic E-state index is 6.99. The highest BCUT2D eigenvalue weighted by Crippen LogP contribution is 2.39. The standard InChI is InChI=1S/C10H17N/c1-8-5-9(11-4)7-10(2,3)6-8/h8-9H,5-7H2,1-3H3. The Morgan fingerprint density at radius 3 is 2.45 bits per heavy atom. The maximum absolute atomic E-state index is 6.99. The van der Waals surface area contributed by atoms with Gasteiger partial charge in [0.15, 0.2) is 0 Å². The third-order valence-corrected chi connectivity index (χ3v) is 2.55. The Bertz CT molecular complexity index is 176. The van der Waals surface area contributed by atoms with Gasteiger partial charge in [0.1, 0.15) is 0 Å². The monoisotopic (exact) mass is 151 g/mol. The van der Waals surface area contributed by atoms with Gasteiger partial charge in [0, 0.05) is 12.8 Å². The lowest BCUT2D eigenvalue weighted by atomic mass is 9.71. The van der Waals surface area contributed by atoms with Crippen molar-refractivity contribution in [2.24, 2.45) is 11.3 Å². The summed E-state index contributed by atoms with van der Waals surface area (Å²) in [4.78, 5) is 3.64. The molecule has 0 saturated heterocycles. The predicted molar refractivity (Wildman–Crippen MR) is 47.2 cm³/mol. The van der Waals surface area contributed by atoms with Crippen LogP contribution in [0.15, 0.2) is 0 Å². The molecule has 0 amide bonds. The molecule has 0 bridgehead atoms. The van der Waals surface area contributed by atoms with E-state index in [1.165, 1.54) is 6.42 Å². The molecule has 0 radical (unpaired) electrons. The molecule has 0 aliphatic heterocycles. The van der Waals surface area contributed by atoms with Crippen molar-refractivity contribution in [2.75, 3.05) is 0 Å². The summed E-state index contributed by atoms with van der Waals surface area (Å²) in [7, 11) is 0. The molecule has 1 aliphatic carbocycles. The first kappa shape index (κ1) is 8.59. The molecule has 1 fully saturated rings. The highest BCUT2D eigenvalue weighted by molar-refractivity contribution is 4.91. The van der Waals surface area contributed by atoms with Crippen molar-refractivity contribution in [1.29, 1.82) is 0 Å². The van der Waals surface area contributed by atoms with Crippen molar-refractivity contribution in [3.05, 3.63) is 11.4 Å². The summed E-state index contributed by atoms with van der Waals surface area (Å²) in [6.07, 6.45) is 3.51. The van der Waals surface area contributed by atoms with Crippen LogP contribution in [-0.4, -0.2) is 6.04 Å². The van der Waals surface area contributed by atoms with E-state index in [4.69, 9.17) is 6.57 Å². The molecular weight excluding hydrogens is 134 g/mol. The average Bonchev–Trinajstić information content (AvgIpc) is 1.83. The lowest BCUT2D eigenvalue weighted by Gasteiger charge is -2.33. The van der Waals surface area contributed by atoms with Gasteiger partial charge < -0.3 is 4.85 Å². The molecule has 62 valence electrons. The third kappa shape index (κ3) is 2.22. The van der Waals surface area contributed by atoms with Gasteiger partial charge in [-0.25, -0.2) is 6.57 Å². The second-order valence-corrected chi connectivity index (χ2v) is 4.70.